The number of carboxylic acids is 1. The van der Waals surface area contributed by atoms with E-state index in [4.69, 9.17) is 9.84 Å². The van der Waals surface area contributed by atoms with Crippen molar-refractivity contribution in [3.63, 3.8) is 0 Å². The third-order valence-corrected chi connectivity index (χ3v) is 3.07. The van der Waals surface area contributed by atoms with Gasteiger partial charge in [-0.2, -0.15) is 0 Å². The molecule has 0 bridgehead atoms. The van der Waals surface area contributed by atoms with Crippen LogP contribution in [0.2, 0.25) is 0 Å². The molecule has 1 aliphatic rings. The van der Waals surface area contributed by atoms with Gasteiger partial charge in [0.1, 0.15) is 12.4 Å². The highest BCUT2D eigenvalue weighted by molar-refractivity contribution is 5.83. The molecule has 102 valence electrons. The minimum atomic E-state index is -1.42. The van der Waals surface area contributed by atoms with Gasteiger partial charge in [-0.3, -0.25) is 4.79 Å². The van der Waals surface area contributed by atoms with Crippen LogP contribution in [0.4, 0.5) is 4.39 Å². The average molecular weight is 267 g/mol. The summed E-state index contributed by atoms with van der Waals surface area (Å²) in [6, 6.07) is 5.86. The molecule has 0 aliphatic carbocycles. The predicted molar refractivity (Wildman–Crippen MR) is 63.8 cm³/mol. The number of carboxylic acid groups (broad SMARTS) is 1. The summed E-state index contributed by atoms with van der Waals surface area (Å²) in [7, 11) is 0. The molecule has 1 fully saturated rings. The van der Waals surface area contributed by atoms with Crippen molar-refractivity contribution in [1.29, 1.82) is 0 Å². The molecule has 6 heteroatoms. The molecule has 19 heavy (non-hydrogen) atoms. The van der Waals surface area contributed by atoms with Crippen molar-refractivity contribution in [3.05, 3.63) is 35.6 Å². The van der Waals surface area contributed by atoms with E-state index in [9.17, 15) is 14.0 Å². The molecule has 0 aromatic heterocycles. The van der Waals surface area contributed by atoms with E-state index in [1.807, 2.05) is 0 Å². The number of aliphatic carboxylic acids is 1. The number of ether oxygens (including phenoxy) is 1. The molecule has 5 nitrogen and oxygen atoms in total. The standard InChI is InChI=1S/C13H14FNO4/c1-13(12(17)18)8-15(11(16)7-19-13)6-9-3-2-4-10(14)5-9/h2-5H,6-8H2,1H3,(H,17,18). The third-order valence-electron chi connectivity index (χ3n) is 3.07. The quantitative estimate of drug-likeness (QED) is 0.888. The van der Waals surface area contributed by atoms with Crippen LogP contribution in [0.5, 0.6) is 0 Å². The Labute approximate surface area is 109 Å². The molecule has 2 rings (SSSR count). The number of rotatable bonds is 3. The van der Waals surface area contributed by atoms with Crippen LogP contribution in [0.25, 0.3) is 0 Å². The van der Waals surface area contributed by atoms with Crippen molar-refractivity contribution in [2.24, 2.45) is 0 Å². The highest BCUT2D eigenvalue weighted by Gasteiger charge is 2.42. The molecule has 0 radical (unpaired) electrons. The fraction of sp³-hybridized carbons (Fsp3) is 0.385. The average Bonchev–Trinajstić information content (AvgIpc) is 2.34. The van der Waals surface area contributed by atoms with E-state index in [1.165, 1.54) is 24.0 Å². The summed E-state index contributed by atoms with van der Waals surface area (Å²) in [4.78, 5) is 24.2. The van der Waals surface area contributed by atoms with Gasteiger partial charge in [0.2, 0.25) is 5.91 Å². The zero-order valence-corrected chi connectivity index (χ0v) is 10.4. The highest BCUT2D eigenvalue weighted by Crippen LogP contribution is 2.20. The Hall–Kier alpha value is -1.95. The lowest BCUT2D eigenvalue weighted by Gasteiger charge is -2.37. The Kier molecular flexibility index (Phi) is 3.53. The Morgan fingerprint density at radius 2 is 2.32 bits per heavy atom. The lowest BCUT2D eigenvalue weighted by molar-refractivity contribution is -0.182. The molecule has 0 spiro atoms. The van der Waals surface area contributed by atoms with E-state index in [0.717, 1.165) is 0 Å². The van der Waals surface area contributed by atoms with Crippen LogP contribution < -0.4 is 0 Å². The van der Waals surface area contributed by atoms with Crippen molar-refractivity contribution in [3.8, 4) is 0 Å². The lowest BCUT2D eigenvalue weighted by Crippen LogP contribution is -2.56. The molecule has 1 saturated heterocycles. The van der Waals surface area contributed by atoms with E-state index in [0.29, 0.717) is 5.56 Å². The van der Waals surface area contributed by atoms with Gasteiger partial charge in [0, 0.05) is 6.54 Å². The van der Waals surface area contributed by atoms with Gasteiger partial charge in [0.05, 0.1) is 6.54 Å². The fourth-order valence-electron chi connectivity index (χ4n) is 1.94. The maximum Gasteiger partial charge on any atom is 0.337 e. The number of carbonyl (C=O) groups excluding carboxylic acids is 1. The van der Waals surface area contributed by atoms with Crippen LogP contribution in [-0.2, 0) is 20.9 Å². The van der Waals surface area contributed by atoms with Crippen molar-refractivity contribution >= 4 is 11.9 Å². The number of hydrogen-bond acceptors (Lipinski definition) is 3. The molecule has 1 unspecified atom stereocenters. The molecule has 1 aromatic carbocycles. The Bertz CT molecular complexity index is 519. The first-order chi connectivity index (χ1) is 8.90. The number of halogens is 1. The summed E-state index contributed by atoms with van der Waals surface area (Å²) in [6.45, 7) is 1.25. The second kappa shape index (κ2) is 4.97. The fourth-order valence-corrected chi connectivity index (χ4v) is 1.94. The summed E-state index contributed by atoms with van der Waals surface area (Å²) >= 11 is 0. The second-order valence-corrected chi connectivity index (χ2v) is 4.70. The molecule has 0 saturated carbocycles. The lowest BCUT2D eigenvalue weighted by atomic mass is 10.0. The van der Waals surface area contributed by atoms with Gasteiger partial charge in [0.25, 0.3) is 0 Å². The minimum Gasteiger partial charge on any atom is -0.479 e. The zero-order valence-electron chi connectivity index (χ0n) is 10.4. The van der Waals surface area contributed by atoms with Gasteiger partial charge in [-0.1, -0.05) is 12.1 Å². The van der Waals surface area contributed by atoms with E-state index >= 15 is 0 Å². The van der Waals surface area contributed by atoms with Crippen molar-refractivity contribution in [2.45, 2.75) is 19.1 Å². The number of morpholine rings is 1. The van der Waals surface area contributed by atoms with Crippen molar-refractivity contribution in [1.82, 2.24) is 4.90 Å². The van der Waals surface area contributed by atoms with Gasteiger partial charge in [-0.15, -0.1) is 0 Å². The summed E-state index contributed by atoms with van der Waals surface area (Å²) in [6.07, 6.45) is 0. The van der Waals surface area contributed by atoms with E-state index in [2.05, 4.69) is 0 Å². The topological polar surface area (TPSA) is 66.8 Å². The first kappa shape index (κ1) is 13.5. The van der Waals surface area contributed by atoms with Crippen LogP contribution in [0.1, 0.15) is 12.5 Å². The molecule has 1 aromatic rings. The van der Waals surface area contributed by atoms with Gasteiger partial charge < -0.3 is 14.7 Å². The van der Waals surface area contributed by atoms with Gasteiger partial charge in [-0.05, 0) is 24.6 Å². The van der Waals surface area contributed by atoms with Gasteiger partial charge in [-0.25, -0.2) is 9.18 Å². The molecule has 1 N–H and O–H groups in total. The van der Waals surface area contributed by atoms with E-state index in [1.54, 1.807) is 12.1 Å². The summed E-state index contributed by atoms with van der Waals surface area (Å²) in [5.74, 6) is -1.81. The maximum atomic E-state index is 13.1. The zero-order chi connectivity index (χ0) is 14.0. The SMILES string of the molecule is CC1(C(=O)O)CN(Cc2cccc(F)c2)C(=O)CO1. The number of hydrogen-bond donors (Lipinski definition) is 1. The third kappa shape index (κ3) is 2.90. The van der Waals surface area contributed by atoms with E-state index < -0.39 is 11.6 Å². The van der Waals surface area contributed by atoms with Crippen LogP contribution in [0.15, 0.2) is 24.3 Å². The second-order valence-electron chi connectivity index (χ2n) is 4.70. The number of nitrogens with zero attached hydrogens (tertiary/aromatic N) is 1. The van der Waals surface area contributed by atoms with Gasteiger partial charge >= 0.3 is 5.97 Å². The molecular weight excluding hydrogens is 253 g/mol. The molecule has 1 heterocycles. The molecule has 1 amide bonds. The monoisotopic (exact) mass is 267 g/mol. The summed E-state index contributed by atoms with van der Waals surface area (Å²) in [5.41, 5.74) is -0.802. The Balaban J connectivity index is 2.14. The number of carbonyl (C=O) groups is 2. The van der Waals surface area contributed by atoms with Gasteiger partial charge in [0.15, 0.2) is 5.60 Å². The first-order valence-corrected chi connectivity index (χ1v) is 5.80. The first-order valence-electron chi connectivity index (χ1n) is 5.80. The minimum absolute atomic E-state index is 0.0579. The molecular formula is C13H14FNO4. The highest BCUT2D eigenvalue weighted by atomic mass is 19.1. The van der Waals surface area contributed by atoms with Crippen LogP contribution >= 0.6 is 0 Å². The Morgan fingerprint density at radius 1 is 1.58 bits per heavy atom. The van der Waals surface area contributed by atoms with Crippen LogP contribution in [0, 0.1) is 5.82 Å². The summed E-state index contributed by atoms with van der Waals surface area (Å²) < 4.78 is 18.1. The number of benzene rings is 1. The Morgan fingerprint density at radius 3 is 2.95 bits per heavy atom. The predicted octanol–water partition coefficient (Wildman–Crippen LogP) is 1.03. The smallest absolute Gasteiger partial charge is 0.337 e. The van der Waals surface area contributed by atoms with Crippen LogP contribution in [0.3, 0.4) is 0 Å². The molecule has 1 aliphatic heterocycles. The molecule has 1 atom stereocenters. The largest absolute Gasteiger partial charge is 0.479 e. The normalized spacial score (nSPS) is 23.5. The van der Waals surface area contributed by atoms with E-state index in [-0.39, 0.29) is 31.4 Å². The van der Waals surface area contributed by atoms with Crippen molar-refractivity contribution in [2.75, 3.05) is 13.2 Å². The van der Waals surface area contributed by atoms with Crippen LogP contribution in [-0.4, -0.2) is 40.6 Å². The summed E-state index contributed by atoms with van der Waals surface area (Å²) in [5, 5.41) is 9.09. The van der Waals surface area contributed by atoms with Crippen molar-refractivity contribution < 1.29 is 23.8 Å². The maximum absolute atomic E-state index is 13.1. The number of amides is 1.